The van der Waals surface area contributed by atoms with Gasteiger partial charge >= 0.3 is 0 Å². The highest BCUT2D eigenvalue weighted by atomic mass is 32.2. The second kappa shape index (κ2) is 11.9. The van der Waals surface area contributed by atoms with Crippen LogP contribution in [0.5, 0.6) is 0 Å². The Morgan fingerprint density at radius 1 is 0.917 bits per heavy atom. The molecule has 8 heteroatoms. The van der Waals surface area contributed by atoms with E-state index >= 15 is 0 Å². The molecular weight excluding hydrogens is 474 g/mol. The molecule has 1 N–H and O–H groups in total. The van der Waals surface area contributed by atoms with Crippen LogP contribution >= 0.6 is 0 Å². The van der Waals surface area contributed by atoms with Gasteiger partial charge in [-0.25, -0.2) is 8.42 Å². The van der Waals surface area contributed by atoms with Gasteiger partial charge in [0.05, 0.1) is 10.6 Å². The summed E-state index contributed by atoms with van der Waals surface area (Å²) in [5.74, 6) is -0.776. The summed E-state index contributed by atoms with van der Waals surface area (Å²) in [5, 5.41) is 2.59. The Morgan fingerprint density at radius 2 is 1.53 bits per heavy atom. The van der Waals surface area contributed by atoms with E-state index in [0.29, 0.717) is 12.1 Å². The van der Waals surface area contributed by atoms with Gasteiger partial charge in [-0.2, -0.15) is 0 Å². The summed E-state index contributed by atoms with van der Waals surface area (Å²) in [6.07, 6.45) is 0.531. The summed E-state index contributed by atoms with van der Waals surface area (Å²) in [4.78, 5) is 27.7. The van der Waals surface area contributed by atoms with Gasteiger partial charge in [0.25, 0.3) is 10.0 Å². The van der Waals surface area contributed by atoms with E-state index in [4.69, 9.17) is 0 Å². The van der Waals surface area contributed by atoms with E-state index in [9.17, 15) is 18.0 Å². The number of hydrogen-bond acceptors (Lipinski definition) is 4. The second-order valence-electron chi connectivity index (χ2n) is 8.73. The maximum absolute atomic E-state index is 13.7. The van der Waals surface area contributed by atoms with Gasteiger partial charge < -0.3 is 10.2 Å². The maximum atomic E-state index is 13.7. The summed E-state index contributed by atoms with van der Waals surface area (Å²) in [6, 6.07) is 22.4. The molecule has 3 aromatic rings. The molecule has 0 heterocycles. The number of rotatable bonds is 10. The quantitative estimate of drug-likeness (QED) is 0.453. The molecule has 7 nitrogen and oxygen atoms in total. The van der Waals surface area contributed by atoms with E-state index in [2.05, 4.69) is 5.32 Å². The molecule has 36 heavy (non-hydrogen) atoms. The number of likely N-dealkylation sites (N-methyl/N-ethyl adjacent to an activating group) is 1. The first-order chi connectivity index (χ1) is 17.1. The SMILES string of the molecule is CNC(=O)[C@H](C)N(CCc1ccccc1)C(=O)CN(c1ccc(C)cc1C)S(=O)(=O)c1ccccc1. The van der Waals surface area contributed by atoms with Crippen molar-refractivity contribution in [1.82, 2.24) is 10.2 Å². The van der Waals surface area contributed by atoms with Gasteiger partial charge in [-0.3, -0.25) is 13.9 Å². The first kappa shape index (κ1) is 26.9. The van der Waals surface area contributed by atoms with E-state index in [1.165, 1.54) is 24.1 Å². The Kier molecular flexibility index (Phi) is 8.88. The summed E-state index contributed by atoms with van der Waals surface area (Å²) in [5.41, 5.74) is 3.16. The van der Waals surface area contributed by atoms with Crippen LogP contribution in [0.3, 0.4) is 0 Å². The van der Waals surface area contributed by atoms with Crippen LogP contribution in [0.15, 0.2) is 83.8 Å². The van der Waals surface area contributed by atoms with Crippen LogP contribution in [0.4, 0.5) is 5.69 Å². The molecule has 1 atom stereocenters. The van der Waals surface area contributed by atoms with Crippen molar-refractivity contribution in [3.05, 3.63) is 95.6 Å². The minimum Gasteiger partial charge on any atom is -0.357 e. The van der Waals surface area contributed by atoms with Crippen molar-refractivity contribution in [1.29, 1.82) is 0 Å². The van der Waals surface area contributed by atoms with Gasteiger partial charge in [0.15, 0.2) is 0 Å². The highest BCUT2D eigenvalue weighted by Crippen LogP contribution is 2.28. The molecule has 0 saturated heterocycles. The first-order valence-electron chi connectivity index (χ1n) is 11.8. The summed E-state index contributed by atoms with van der Waals surface area (Å²) >= 11 is 0. The van der Waals surface area contributed by atoms with Gasteiger partial charge in [-0.05, 0) is 56.5 Å². The number of anilines is 1. The zero-order valence-corrected chi connectivity index (χ0v) is 22.0. The van der Waals surface area contributed by atoms with Crippen molar-refractivity contribution in [2.45, 2.75) is 38.1 Å². The summed E-state index contributed by atoms with van der Waals surface area (Å²) in [6.45, 7) is 5.23. The largest absolute Gasteiger partial charge is 0.357 e. The molecule has 0 aliphatic heterocycles. The Labute approximate surface area is 213 Å². The van der Waals surface area contributed by atoms with Crippen LogP contribution in [0.2, 0.25) is 0 Å². The molecule has 0 aliphatic carbocycles. The van der Waals surface area contributed by atoms with Gasteiger partial charge in [0.1, 0.15) is 12.6 Å². The maximum Gasteiger partial charge on any atom is 0.264 e. The lowest BCUT2D eigenvalue weighted by Crippen LogP contribution is -2.51. The van der Waals surface area contributed by atoms with Crippen LogP contribution in [-0.2, 0) is 26.0 Å². The van der Waals surface area contributed by atoms with Crippen LogP contribution in [0, 0.1) is 13.8 Å². The number of hydrogen-bond donors (Lipinski definition) is 1. The Bertz CT molecular complexity index is 1290. The van der Waals surface area contributed by atoms with E-state index in [1.54, 1.807) is 31.2 Å². The fourth-order valence-corrected chi connectivity index (χ4v) is 5.60. The Balaban J connectivity index is 1.99. The zero-order chi connectivity index (χ0) is 26.3. The molecule has 0 saturated carbocycles. The number of aryl methyl sites for hydroxylation is 2. The van der Waals surface area contributed by atoms with Crippen molar-refractivity contribution >= 4 is 27.5 Å². The number of amides is 2. The molecule has 0 aromatic heterocycles. The fourth-order valence-electron chi connectivity index (χ4n) is 4.10. The molecule has 0 aliphatic rings. The number of benzene rings is 3. The van der Waals surface area contributed by atoms with Crippen LogP contribution in [0.1, 0.15) is 23.6 Å². The average Bonchev–Trinajstić information content (AvgIpc) is 2.88. The Morgan fingerprint density at radius 3 is 2.11 bits per heavy atom. The fraction of sp³-hybridized carbons (Fsp3) is 0.286. The highest BCUT2D eigenvalue weighted by molar-refractivity contribution is 7.92. The molecular formula is C28H33N3O4S. The normalized spacial score (nSPS) is 12.0. The summed E-state index contributed by atoms with van der Waals surface area (Å²) < 4.78 is 28.6. The Hall–Kier alpha value is -3.65. The molecule has 0 unspecified atom stereocenters. The van der Waals surface area contributed by atoms with Crippen LogP contribution < -0.4 is 9.62 Å². The topological polar surface area (TPSA) is 86.8 Å². The zero-order valence-electron chi connectivity index (χ0n) is 21.1. The van der Waals surface area contributed by atoms with E-state index < -0.39 is 28.5 Å². The van der Waals surface area contributed by atoms with E-state index in [-0.39, 0.29) is 17.3 Å². The molecule has 2 amide bonds. The predicted octanol–water partition coefficient (Wildman–Crippen LogP) is 3.70. The minimum atomic E-state index is -4.05. The molecule has 3 rings (SSSR count). The van der Waals surface area contributed by atoms with Crippen molar-refractivity contribution < 1.29 is 18.0 Å². The second-order valence-corrected chi connectivity index (χ2v) is 10.6. The molecule has 3 aromatic carbocycles. The van der Waals surface area contributed by atoms with E-state index in [0.717, 1.165) is 21.0 Å². The van der Waals surface area contributed by atoms with Crippen LogP contribution in [-0.4, -0.2) is 51.3 Å². The van der Waals surface area contributed by atoms with Gasteiger partial charge in [-0.1, -0.05) is 66.2 Å². The molecule has 0 bridgehead atoms. The molecule has 0 radical (unpaired) electrons. The van der Waals surface area contributed by atoms with Gasteiger partial charge in [0.2, 0.25) is 11.8 Å². The number of sulfonamides is 1. The average molecular weight is 508 g/mol. The third kappa shape index (κ3) is 6.31. The molecule has 0 spiro atoms. The van der Waals surface area contributed by atoms with Gasteiger partial charge in [0, 0.05) is 13.6 Å². The number of carbonyl (C=O) groups is 2. The van der Waals surface area contributed by atoms with Gasteiger partial charge in [-0.15, -0.1) is 0 Å². The lowest BCUT2D eigenvalue weighted by molar-refractivity contribution is -0.138. The monoisotopic (exact) mass is 507 g/mol. The minimum absolute atomic E-state index is 0.0907. The predicted molar refractivity (Wildman–Crippen MR) is 142 cm³/mol. The standard InChI is InChI=1S/C28H33N3O4S/c1-21-15-16-26(22(2)19-21)31(36(34,35)25-13-9-6-10-14-25)20-27(32)30(23(3)28(33)29-4)18-17-24-11-7-5-8-12-24/h5-16,19,23H,17-18,20H2,1-4H3,(H,29,33)/t23-/m0/s1. The van der Waals surface area contributed by atoms with Crippen molar-refractivity contribution in [2.75, 3.05) is 24.4 Å². The van der Waals surface area contributed by atoms with Crippen molar-refractivity contribution in [3.8, 4) is 0 Å². The smallest absolute Gasteiger partial charge is 0.264 e. The highest BCUT2D eigenvalue weighted by Gasteiger charge is 2.32. The molecule has 190 valence electrons. The number of carbonyl (C=O) groups excluding carboxylic acids is 2. The lowest BCUT2D eigenvalue weighted by atomic mass is 10.1. The van der Waals surface area contributed by atoms with E-state index in [1.807, 2.05) is 56.3 Å². The first-order valence-corrected chi connectivity index (χ1v) is 13.3. The number of nitrogens with one attached hydrogen (secondary N) is 1. The third-order valence-electron chi connectivity index (χ3n) is 6.13. The number of nitrogens with zero attached hydrogens (tertiary/aromatic N) is 2. The third-order valence-corrected chi connectivity index (χ3v) is 7.90. The van der Waals surface area contributed by atoms with Crippen molar-refractivity contribution in [2.24, 2.45) is 0 Å². The van der Waals surface area contributed by atoms with Crippen molar-refractivity contribution in [3.63, 3.8) is 0 Å². The molecule has 0 fully saturated rings. The summed E-state index contributed by atoms with van der Waals surface area (Å²) in [7, 11) is -2.54. The lowest BCUT2D eigenvalue weighted by Gasteiger charge is -2.32. The van der Waals surface area contributed by atoms with Crippen LogP contribution in [0.25, 0.3) is 0 Å².